The molecule has 3 aromatic carbocycles. The topological polar surface area (TPSA) is 66.6 Å². The number of rotatable bonds is 7. The monoisotopic (exact) mass is 388 g/mol. The molecule has 0 radical (unpaired) electrons. The predicted molar refractivity (Wildman–Crippen MR) is 109 cm³/mol. The highest BCUT2D eigenvalue weighted by molar-refractivity contribution is 5.70. The molecule has 0 aliphatic carbocycles. The van der Waals surface area contributed by atoms with Gasteiger partial charge in [-0.2, -0.15) is 4.98 Å². The Balaban J connectivity index is 1.53. The minimum Gasteiger partial charge on any atom is -0.497 e. The Morgan fingerprint density at radius 3 is 2.21 bits per heavy atom. The van der Waals surface area contributed by atoms with Crippen molar-refractivity contribution in [2.45, 2.75) is 6.61 Å². The fourth-order valence-corrected chi connectivity index (χ4v) is 2.95. The van der Waals surface area contributed by atoms with E-state index in [1.165, 1.54) is 0 Å². The van der Waals surface area contributed by atoms with Gasteiger partial charge in [-0.15, -0.1) is 0 Å². The van der Waals surface area contributed by atoms with Gasteiger partial charge in [-0.1, -0.05) is 53.7 Å². The lowest BCUT2D eigenvalue weighted by Gasteiger charge is -2.10. The van der Waals surface area contributed by atoms with E-state index in [-0.39, 0.29) is 6.61 Å². The second-order valence-corrected chi connectivity index (χ2v) is 6.27. The first-order chi connectivity index (χ1) is 14.3. The maximum Gasteiger partial charge on any atom is 0.258 e. The van der Waals surface area contributed by atoms with Gasteiger partial charge in [0.2, 0.25) is 5.82 Å². The van der Waals surface area contributed by atoms with Gasteiger partial charge in [0.1, 0.15) is 17.2 Å². The quantitative estimate of drug-likeness (QED) is 0.444. The largest absolute Gasteiger partial charge is 0.497 e. The highest BCUT2D eigenvalue weighted by Gasteiger charge is 2.13. The fraction of sp³-hybridized carbons (Fsp3) is 0.130. The van der Waals surface area contributed by atoms with Crippen LogP contribution in [0.2, 0.25) is 0 Å². The van der Waals surface area contributed by atoms with Gasteiger partial charge in [0.25, 0.3) is 5.89 Å². The van der Waals surface area contributed by atoms with Crippen LogP contribution in [0, 0.1) is 0 Å². The van der Waals surface area contributed by atoms with E-state index in [0.717, 1.165) is 16.9 Å². The lowest BCUT2D eigenvalue weighted by molar-refractivity contribution is 0.288. The van der Waals surface area contributed by atoms with Gasteiger partial charge in [0.05, 0.1) is 14.2 Å². The molecule has 0 N–H and O–H groups in total. The van der Waals surface area contributed by atoms with E-state index in [0.29, 0.717) is 28.8 Å². The van der Waals surface area contributed by atoms with Crippen molar-refractivity contribution < 1.29 is 18.7 Å². The third-order valence-corrected chi connectivity index (χ3v) is 4.40. The summed E-state index contributed by atoms with van der Waals surface area (Å²) in [7, 11) is 3.19. The van der Waals surface area contributed by atoms with Crippen LogP contribution in [-0.2, 0) is 6.61 Å². The molecule has 6 heteroatoms. The number of nitrogens with zero attached hydrogens (tertiary/aromatic N) is 2. The lowest BCUT2D eigenvalue weighted by atomic mass is 10.1. The maximum atomic E-state index is 5.98. The molecule has 0 atom stereocenters. The molecule has 1 aromatic heterocycles. The number of hydrogen-bond donors (Lipinski definition) is 0. The Morgan fingerprint density at radius 1 is 0.793 bits per heavy atom. The van der Waals surface area contributed by atoms with Crippen molar-refractivity contribution in [2.24, 2.45) is 0 Å². The van der Waals surface area contributed by atoms with Crippen molar-refractivity contribution in [3.8, 4) is 39.8 Å². The number of benzene rings is 3. The van der Waals surface area contributed by atoms with Gasteiger partial charge in [-0.05, 0) is 23.8 Å². The third-order valence-electron chi connectivity index (χ3n) is 4.40. The van der Waals surface area contributed by atoms with Crippen LogP contribution in [0.15, 0.2) is 77.3 Å². The van der Waals surface area contributed by atoms with Gasteiger partial charge in [-0.25, -0.2) is 0 Å². The average Bonchev–Trinajstić information content (AvgIpc) is 3.27. The van der Waals surface area contributed by atoms with Gasteiger partial charge in [-0.3, -0.25) is 0 Å². The molecule has 0 spiro atoms. The van der Waals surface area contributed by atoms with Crippen LogP contribution < -0.4 is 14.2 Å². The van der Waals surface area contributed by atoms with Crippen molar-refractivity contribution in [1.82, 2.24) is 10.1 Å². The molecular formula is C23H20N2O4. The molecule has 146 valence electrons. The summed E-state index contributed by atoms with van der Waals surface area (Å²) in [5.74, 6) is 2.87. The van der Waals surface area contributed by atoms with E-state index in [2.05, 4.69) is 10.1 Å². The number of aromatic nitrogens is 2. The zero-order valence-corrected chi connectivity index (χ0v) is 16.2. The smallest absolute Gasteiger partial charge is 0.258 e. The minimum atomic E-state index is 0.189. The Hall–Kier alpha value is -3.80. The second kappa shape index (κ2) is 8.48. The number of methoxy groups -OCH3 is 2. The molecule has 29 heavy (non-hydrogen) atoms. The summed E-state index contributed by atoms with van der Waals surface area (Å²) in [5.41, 5.74) is 2.80. The van der Waals surface area contributed by atoms with Crippen molar-refractivity contribution in [3.63, 3.8) is 0 Å². The molecule has 0 bridgehead atoms. The molecule has 0 fully saturated rings. The Bertz CT molecular complexity index is 1070. The van der Waals surface area contributed by atoms with Crippen molar-refractivity contribution in [1.29, 1.82) is 0 Å². The first-order valence-corrected chi connectivity index (χ1v) is 9.10. The predicted octanol–water partition coefficient (Wildman–Crippen LogP) is 5.00. The van der Waals surface area contributed by atoms with Crippen LogP contribution in [0.25, 0.3) is 22.6 Å². The number of hydrogen-bond acceptors (Lipinski definition) is 6. The van der Waals surface area contributed by atoms with Crippen LogP contribution in [0.1, 0.15) is 5.82 Å². The van der Waals surface area contributed by atoms with E-state index in [1.54, 1.807) is 20.3 Å². The zero-order valence-electron chi connectivity index (χ0n) is 16.2. The maximum absolute atomic E-state index is 5.98. The van der Waals surface area contributed by atoms with Gasteiger partial charge >= 0.3 is 0 Å². The minimum absolute atomic E-state index is 0.189. The van der Waals surface area contributed by atoms with E-state index in [9.17, 15) is 0 Å². The Kier molecular flexibility index (Phi) is 5.42. The first-order valence-electron chi connectivity index (χ1n) is 9.10. The highest BCUT2D eigenvalue weighted by atomic mass is 16.5. The molecule has 4 aromatic rings. The molecule has 0 saturated heterocycles. The van der Waals surface area contributed by atoms with Gasteiger partial charge in [0.15, 0.2) is 6.61 Å². The van der Waals surface area contributed by atoms with Crippen molar-refractivity contribution >= 4 is 0 Å². The molecule has 0 unspecified atom stereocenters. The number of para-hydroxylation sites is 1. The molecular weight excluding hydrogens is 368 g/mol. The number of ether oxygens (including phenoxy) is 3. The van der Waals surface area contributed by atoms with Crippen molar-refractivity contribution in [2.75, 3.05) is 14.2 Å². The summed E-state index contributed by atoms with van der Waals surface area (Å²) in [6, 6.07) is 23.4. The molecule has 0 aliphatic heterocycles. The average molecular weight is 388 g/mol. The standard InChI is InChI=1S/C23H20N2O4/c1-26-18-12-17(13-19(14-18)27-2)23-24-22(25-29-23)15-28-21-11-7-6-10-20(21)16-8-4-3-5-9-16/h3-14H,15H2,1-2H3. The lowest BCUT2D eigenvalue weighted by Crippen LogP contribution is -1.99. The molecule has 6 nitrogen and oxygen atoms in total. The summed E-state index contributed by atoms with van der Waals surface area (Å²) in [6.07, 6.45) is 0. The van der Waals surface area contributed by atoms with Crippen LogP contribution in [-0.4, -0.2) is 24.4 Å². The molecule has 1 heterocycles. The van der Waals surface area contributed by atoms with Crippen molar-refractivity contribution in [3.05, 3.63) is 78.6 Å². The van der Waals surface area contributed by atoms with E-state index in [1.807, 2.05) is 66.7 Å². The van der Waals surface area contributed by atoms with E-state index >= 15 is 0 Å². The normalized spacial score (nSPS) is 10.6. The summed E-state index contributed by atoms with van der Waals surface area (Å²) in [5, 5.41) is 4.03. The Labute approximate surface area is 168 Å². The Morgan fingerprint density at radius 2 is 1.48 bits per heavy atom. The van der Waals surface area contributed by atoms with Crippen LogP contribution >= 0.6 is 0 Å². The molecule has 0 amide bonds. The fourth-order valence-electron chi connectivity index (χ4n) is 2.95. The zero-order chi connectivity index (χ0) is 20.1. The van der Waals surface area contributed by atoms with Crippen LogP contribution in [0.3, 0.4) is 0 Å². The van der Waals surface area contributed by atoms with E-state index in [4.69, 9.17) is 18.7 Å². The molecule has 4 rings (SSSR count). The SMILES string of the molecule is COc1cc(OC)cc(-c2nc(COc3ccccc3-c3ccccc3)no2)c1. The van der Waals surface area contributed by atoms with Gasteiger partial charge < -0.3 is 18.7 Å². The summed E-state index contributed by atoms with van der Waals surface area (Å²) in [4.78, 5) is 4.43. The molecule has 0 saturated carbocycles. The highest BCUT2D eigenvalue weighted by Crippen LogP contribution is 2.31. The summed E-state index contributed by atoms with van der Waals surface area (Å²) < 4.78 is 22.0. The summed E-state index contributed by atoms with van der Waals surface area (Å²) >= 11 is 0. The molecule has 0 aliphatic rings. The first kappa shape index (κ1) is 18.6. The summed E-state index contributed by atoms with van der Waals surface area (Å²) in [6.45, 7) is 0.189. The van der Waals surface area contributed by atoms with Crippen LogP contribution in [0.5, 0.6) is 17.2 Å². The third kappa shape index (κ3) is 4.21. The van der Waals surface area contributed by atoms with Gasteiger partial charge in [0, 0.05) is 17.2 Å². The second-order valence-electron chi connectivity index (χ2n) is 6.27. The van der Waals surface area contributed by atoms with E-state index < -0.39 is 0 Å². The van der Waals surface area contributed by atoms with Crippen LogP contribution in [0.4, 0.5) is 0 Å².